The van der Waals surface area contributed by atoms with Crippen LogP contribution in [0.25, 0.3) is 0 Å². The first-order valence-electron chi connectivity index (χ1n) is 7.65. The van der Waals surface area contributed by atoms with Crippen molar-refractivity contribution in [2.24, 2.45) is 11.8 Å². The zero-order valence-corrected chi connectivity index (χ0v) is 12.2. The van der Waals surface area contributed by atoms with Crippen LogP contribution in [0, 0.1) is 17.7 Å². The molecule has 0 spiro atoms. The van der Waals surface area contributed by atoms with Gasteiger partial charge in [0.05, 0.1) is 18.3 Å². The molecule has 3 unspecified atom stereocenters. The summed E-state index contributed by atoms with van der Waals surface area (Å²) in [6.45, 7) is 3.18. The maximum absolute atomic E-state index is 13.3. The van der Waals surface area contributed by atoms with Gasteiger partial charge in [0.1, 0.15) is 11.6 Å². The Kier molecular flexibility index (Phi) is 4.10. The van der Waals surface area contributed by atoms with Crippen molar-refractivity contribution in [2.45, 2.75) is 32.2 Å². The number of carbonyl (C=O) groups excluding carboxylic acids is 1. The Hall–Kier alpha value is -1.62. The second kappa shape index (κ2) is 6.02. The summed E-state index contributed by atoms with van der Waals surface area (Å²) in [6, 6.07) is 4.05. The molecule has 21 heavy (non-hydrogen) atoms. The molecule has 0 aromatic heterocycles. The first-order chi connectivity index (χ1) is 10.2. The van der Waals surface area contributed by atoms with Gasteiger partial charge in [0, 0.05) is 6.07 Å². The van der Waals surface area contributed by atoms with E-state index in [1.165, 1.54) is 25.0 Å². The molecule has 3 rings (SSSR count). The lowest BCUT2D eigenvalue weighted by atomic mass is 9.93. The van der Waals surface area contributed by atoms with Crippen molar-refractivity contribution in [2.75, 3.05) is 18.5 Å². The molecule has 2 fully saturated rings. The van der Waals surface area contributed by atoms with Crippen molar-refractivity contribution < 1.29 is 13.9 Å². The van der Waals surface area contributed by atoms with Gasteiger partial charge < -0.3 is 15.4 Å². The van der Waals surface area contributed by atoms with Crippen LogP contribution in [0.4, 0.5) is 10.1 Å². The van der Waals surface area contributed by atoms with Crippen LogP contribution in [0.2, 0.25) is 0 Å². The number of halogens is 1. The Bertz CT molecular complexity index is 535. The molecule has 114 valence electrons. The number of ether oxygens (including phenoxy) is 1. The van der Waals surface area contributed by atoms with Crippen molar-refractivity contribution in [1.29, 1.82) is 0 Å². The molecule has 1 saturated heterocycles. The standard InChI is InChI=1S/C16H21FN2O2/c1-2-21-14-8-11(17)6-7-13(14)19-16(20)15-12-5-3-4-10(12)9-18-15/h6-8,10,12,15,18H,2-5,9H2,1H3,(H,19,20). The Balaban J connectivity index is 1.72. The molecular weight excluding hydrogens is 271 g/mol. The van der Waals surface area contributed by atoms with Crippen LogP contribution < -0.4 is 15.4 Å². The molecule has 1 aliphatic carbocycles. The summed E-state index contributed by atoms with van der Waals surface area (Å²) in [4.78, 5) is 12.5. The third-order valence-corrected chi connectivity index (χ3v) is 4.53. The van der Waals surface area contributed by atoms with Gasteiger partial charge in [0.15, 0.2) is 0 Å². The number of benzene rings is 1. The molecule has 2 aliphatic rings. The minimum Gasteiger partial charge on any atom is -0.492 e. The fourth-order valence-corrected chi connectivity index (χ4v) is 3.56. The van der Waals surface area contributed by atoms with Gasteiger partial charge in [0.25, 0.3) is 0 Å². The van der Waals surface area contributed by atoms with Crippen LogP contribution in [0.15, 0.2) is 18.2 Å². The fraction of sp³-hybridized carbons (Fsp3) is 0.562. The van der Waals surface area contributed by atoms with Gasteiger partial charge in [-0.1, -0.05) is 6.42 Å². The smallest absolute Gasteiger partial charge is 0.241 e. The van der Waals surface area contributed by atoms with Gasteiger partial charge in [-0.05, 0) is 50.3 Å². The molecular formula is C16H21FN2O2. The average Bonchev–Trinajstić information content (AvgIpc) is 3.04. The van der Waals surface area contributed by atoms with E-state index >= 15 is 0 Å². The fourth-order valence-electron chi connectivity index (χ4n) is 3.56. The molecule has 1 aliphatic heterocycles. The Morgan fingerprint density at radius 3 is 3.14 bits per heavy atom. The van der Waals surface area contributed by atoms with Crippen LogP contribution in [0.3, 0.4) is 0 Å². The van der Waals surface area contributed by atoms with E-state index in [4.69, 9.17) is 4.74 Å². The van der Waals surface area contributed by atoms with Gasteiger partial charge >= 0.3 is 0 Å². The molecule has 1 saturated carbocycles. The second-order valence-corrected chi connectivity index (χ2v) is 5.80. The van der Waals surface area contributed by atoms with E-state index in [1.54, 1.807) is 6.07 Å². The number of anilines is 1. The summed E-state index contributed by atoms with van der Waals surface area (Å²) >= 11 is 0. The Morgan fingerprint density at radius 2 is 2.33 bits per heavy atom. The van der Waals surface area contributed by atoms with Gasteiger partial charge in [-0.15, -0.1) is 0 Å². The second-order valence-electron chi connectivity index (χ2n) is 5.80. The van der Waals surface area contributed by atoms with Crippen LogP contribution >= 0.6 is 0 Å². The predicted molar refractivity (Wildman–Crippen MR) is 78.8 cm³/mol. The van der Waals surface area contributed by atoms with Gasteiger partial charge in [-0.25, -0.2) is 4.39 Å². The quantitative estimate of drug-likeness (QED) is 0.896. The van der Waals surface area contributed by atoms with Crippen molar-refractivity contribution in [1.82, 2.24) is 5.32 Å². The maximum Gasteiger partial charge on any atom is 0.241 e. The van der Waals surface area contributed by atoms with Crippen molar-refractivity contribution in [3.05, 3.63) is 24.0 Å². The van der Waals surface area contributed by atoms with E-state index in [9.17, 15) is 9.18 Å². The molecule has 1 aromatic rings. The molecule has 5 heteroatoms. The van der Waals surface area contributed by atoms with E-state index in [0.717, 1.165) is 13.0 Å². The van der Waals surface area contributed by atoms with E-state index in [0.29, 0.717) is 29.9 Å². The molecule has 3 atom stereocenters. The number of fused-ring (bicyclic) bond motifs is 1. The topological polar surface area (TPSA) is 50.4 Å². The molecule has 1 aromatic carbocycles. The van der Waals surface area contributed by atoms with Gasteiger partial charge in [-0.2, -0.15) is 0 Å². The zero-order chi connectivity index (χ0) is 14.8. The highest BCUT2D eigenvalue weighted by Gasteiger charge is 2.42. The number of amides is 1. The van der Waals surface area contributed by atoms with E-state index in [-0.39, 0.29) is 17.8 Å². The minimum absolute atomic E-state index is 0.0445. The zero-order valence-electron chi connectivity index (χ0n) is 12.2. The number of carbonyl (C=O) groups is 1. The number of hydrogen-bond acceptors (Lipinski definition) is 3. The highest BCUT2D eigenvalue weighted by atomic mass is 19.1. The third-order valence-electron chi connectivity index (χ3n) is 4.53. The van der Waals surface area contributed by atoms with Crippen LogP contribution in [-0.2, 0) is 4.79 Å². The first-order valence-corrected chi connectivity index (χ1v) is 7.65. The van der Waals surface area contributed by atoms with E-state index in [2.05, 4.69) is 10.6 Å². The Labute approximate surface area is 124 Å². The summed E-state index contributed by atoms with van der Waals surface area (Å²) < 4.78 is 18.7. The molecule has 1 amide bonds. The monoisotopic (exact) mass is 292 g/mol. The van der Waals surface area contributed by atoms with Crippen molar-refractivity contribution in [3.63, 3.8) is 0 Å². The first kappa shape index (κ1) is 14.3. The maximum atomic E-state index is 13.3. The molecule has 0 bridgehead atoms. The molecule has 1 heterocycles. The highest BCUT2D eigenvalue weighted by Crippen LogP contribution is 2.38. The lowest BCUT2D eigenvalue weighted by molar-refractivity contribution is -0.118. The third kappa shape index (κ3) is 2.88. The summed E-state index contributed by atoms with van der Waals surface area (Å²) in [5, 5.41) is 6.20. The number of nitrogens with one attached hydrogen (secondary N) is 2. The van der Waals surface area contributed by atoms with Crippen molar-refractivity contribution >= 4 is 11.6 Å². The summed E-state index contributed by atoms with van der Waals surface area (Å²) in [5.41, 5.74) is 0.534. The summed E-state index contributed by atoms with van der Waals surface area (Å²) in [5.74, 6) is 1.02. The van der Waals surface area contributed by atoms with Crippen LogP contribution in [0.1, 0.15) is 26.2 Å². The molecule has 2 N–H and O–H groups in total. The SMILES string of the molecule is CCOc1cc(F)ccc1NC(=O)C1NCC2CCCC21. The van der Waals surface area contributed by atoms with Gasteiger partial charge in [0.2, 0.25) is 5.91 Å². The van der Waals surface area contributed by atoms with Crippen molar-refractivity contribution in [3.8, 4) is 5.75 Å². The minimum atomic E-state index is -0.369. The van der Waals surface area contributed by atoms with Crippen LogP contribution in [-0.4, -0.2) is 25.1 Å². The average molecular weight is 292 g/mol. The number of hydrogen-bond donors (Lipinski definition) is 2. The van der Waals surface area contributed by atoms with Crippen LogP contribution in [0.5, 0.6) is 5.75 Å². The Morgan fingerprint density at radius 1 is 1.48 bits per heavy atom. The lowest BCUT2D eigenvalue weighted by Crippen LogP contribution is -2.39. The summed E-state index contributed by atoms with van der Waals surface area (Å²) in [6.07, 6.45) is 3.53. The van der Waals surface area contributed by atoms with Gasteiger partial charge in [-0.3, -0.25) is 4.79 Å². The molecule has 0 radical (unpaired) electrons. The number of rotatable bonds is 4. The van der Waals surface area contributed by atoms with E-state index < -0.39 is 0 Å². The predicted octanol–water partition coefficient (Wildman–Crippen LogP) is 2.55. The van der Waals surface area contributed by atoms with E-state index in [1.807, 2.05) is 6.92 Å². The molecule has 4 nitrogen and oxygen atoms in total. The largest absolute Gasteiger partial charge is 0.492 e. The highest BCUT2D eigenvalue weighted by molar-refractivity contribution is 5.96. The lowest BCUT2D eigenvalue weighted by Gasteiger charge is -2.19. The summed E-state index contributed by atoms with van der Waals surface area (Å²) in [7, 11) is 0. The normalized spacial score (nSPS) is 27.4.